The van der Waals surface area contributed by atoms with Crippen molar-refractivity contribution in [3.05, 3.63) is 47.4 Å². The molecule has 1 unspecified atom stereocenters. The van der Waals surface area contributed by atoms with Crippen LogP contribution in [0, 0.1) is 18.6 Å². The summed E-state index contributed by atoms with van der Waals surface area (Å²) < 4.78 is 39.5. The van der Waals surface area contributed by atoms with Crippen molar-refractivity contribution < 1.29 is 18.3 Å². The van der Waals surface area contributed by atoms with Gasteiger partial charge in [0.25, 0.3) is 0 Å². The SMILES string of the molecule is COCC(Nc1nc(Nc2cc(C)[nH]n2)nc(N2CCOCC2)c1F)c1ccc(F)cn1. The molecule has 1 saturated heterocycles. The van der Waals surface area contributed by atoms with E-state index in [1.54, 1.807) is 11.0 Å². The van der Waals surface area contributed by atoms with E-state index in [0.29, 0.717) is 37.8 Å². The van der Waals surface area contributed by atoms with Gasteiger partial charge in [0.15, 0.2) is 17.5 Å². The Morgan fingerprint density at radius 1 is 1.25 bits per heavy atom. The fraction of sp³-hybridized carbons (Fsp3) is 0.400. The largest absolute Gasteiger partial charge is 0.382 e. The third-order valence-corrected chi connectivity index (χ3v) is 4.84. The summed E-state index contributed by atoms with van der Waals surface area (Å²) in [7, 11) is 1.51. The molecule has 1 atom stereocenters. The molecular weight excluding hydrogens is 422 g/mol. The van der Waals surface area contributed by atoms with Crippen LogP contribution in [0.1, 0.15) is 17.4 Å². The van der Waals surface area contributed by atoms with Crippen LogP contribution in [0.2, 0.25) is 0 Å². The summed E-state index contributed by atoms with van der Waals surface area (Å²) in [5, 5.41) is 13.0. The Hall–Kier alpha value is -3.38. The van der Waals surface area contributed by atoms with Crippen LogP contribution in [0.3, 0.4) is 0 Å². The van der Waals surface area contributed by atoms with Gasteiger partial charge in [-0.05, 0) is 19.1 Å². The smallest absolute Gasteiger partial charge is 0.232 e. The Bertz CT molecular complexity index is 1040. The summed E-state index contributed by atoms with van der Waals surface area (Å²) in [5.74, 6) is -0.299. The molecule has 4 rings (SSSR count). The lowest BCUT2D eigenvalue weighted by Gasteiger charge is -2.29. The van der Waals surface area contributed by atoms with E-state index in [9.17, 15) is 4.39 Å². The summed E-state index contributed by atoms with van der Waals surface area (Å²) in [6.45, 7) is 3.96. The highest BCUT2D eigenvalue weighted by Gasteiger charge is 2.24. The number of aromatic nitrogens is 5. The molecular formula is C20H24F2N8O2. The predicted octanol–water partition coefficient (Wildman–Crippen LogP) is 2.56. The van der Waals surface area contributed by atoms with E-state index in [4.69, 9.17) is 9.47 Å². The maximum atomic E-state index is 15.5. The minimum atomic E-state index is -0.612. The molecule has 3 N–H and O–H groups in total. The second kappa shape index (κ2) is 9.83. The van der Waals surface area contributed by atoms with Crippen molar-refractivity contribution in [2.24, 2.45) is 0 Å². The maximum Gasteiger partial charge on any atom is 0.232 e. The van der Waals surface area contributed by atoms with Gasteiger partial charge in [0, 0.05) is 32.0 Å². The summed E-state index contributed by atoms with van der Waals surface area (Å²) in [6.07, 6.45) is 1.10. The lowest BCUT2D eigenvalue weighted by molar-refractivity contribution is 0.122. The number of rotatable bonds is 8. The van der Waals surface area contributed by atoms with Gasteiger partial charge in [-0.1, -0.05) is 0 Å². The molecule has 1 fully saturated rings. The number of nitrogens with zero attached hydrogens (tertiary/aromatic N) is 5. The standard InChI is InChI=1S/C20H24F2N8O2/c1-12-9-16(29-28-12)25-20-26-18(17(22)19(27-20)30-5-7-32-8-6-30)24-15(11-31-2)14-4-3-13(21)10-23-14/h3-4,9-10,15H,5-8,11H2,1-2H3,(H3,24,25,26,27,28,29). The Morgan fingerprint density at radius 2 is 2.06 bits per heavy atom. The Morgan fingerprint density at radius 3 is 2.72 bits per heavy atom. The van der Waals surface area contributed by atoms with Crippen molar-refractivity contribution in [2.75, 3.05) is 55.6 Å². The molecule has 12 heteroatoms. The number of pyridine rings is 1. The average molecular weight is 446 g/mol. The van der Waals surface area contributed by atoms with Crippen molar-refractivity contribution in [3.63, 3.8) is 0 Å². The highest BCUT2D eigenvalue weighted by molar-refractivity contribution is 5.59. The second-order valence-corrected chi connectivity index (χ2v) is 7.25. The Kier molecular flexibility index (Phi) is 6.71. The molecule has 170 valence electrons. The van der Waals surface area contributed by atoms with E-state index >= 15 is 4.39 Å². The Balaban J connectivity index is 1.69. The van der Waals surface area contributed by atoms with E-state index in [-0.39, 0.29) is 24.2 Å². The third kappa shape index (κ3) is 5.08. The van der Waals surface area contributed by atoms with E-state index in [1.165, 1.54) is 19.2 Å². The van der Waals surface area contributed by atoms with Gasteiger partial charge in [-0.15, -0.1) is 0 Å². The minimum absolute atomic E-state index is 0.0376. The lowest BCUT2D eigenvalue weighted by Crippen LogP contribution is -2.37. The normalized spacial score (nSPS) is 14.9. The van der Waals surface area contributed by atoms with E-state index < -0.39 is 17.7 Å². The number of ether oxygens (including phenoxy) is 2. The number of halogens is 2. The molecule has 32 heavy (non-hydrogen) atoms. The maximum absolute atomic E-state index is 15.5. The average Bonchev–Trinajstić information content (AvgIpc) is 3.21. The van der Waals surface area contributed by atoms with Gasteiger partial charge in [-0.3, -0.25) is 10.1 Å². The zero-order chi connectivity index (χ0) is 22.5. The molecule has 1 aliphatic rings. The fourth-order valence-corrected chi connectivity index (χ4v) is 3.29. The molecule has 3 aromatic heterocycles. The molecule has 0 saturated carbocycles. The van der Waals surface area contributed by atoms with Gasteiger partial charge in [0.05, 0.1) is 37.8 Å². The second-order valence-electron chi connectivity index (χ2n) is 7.25. The molecule has 0 amide bonds. The first kappa shape index (κ1) is 21.8. The Labute approximate surface area is 183 Å². The molecule has 0 bridgehead atoms. The number of anilines is 4. The summed E-state index contributed by atoms with van der Waals surface area (Å²) >= 11 is 0. The number of aromatic amines is 1. The molecule has 0 aliphatic carbocycles. The summed E-state index contributed by atoms with van der Waals surface area (Å²) in [4.78, 5) is 14.6. The number of nitrogens with one attached hydrogen (secondary N) is 3. The van der Waals surface area contributed by atoms with Crippen molar-refractivity contribution >= 4 is 23.4 Å². The number of morpholine rings is 1. The van der Waals surface area contributed by atoms with Crippen LogP contribution in [0.5, 0.6) is 0 Å². The van der Waals surface area contributed by atoms with Gasteiger partial charge < -0.3 is 25.0 Å². The van der Waals surface area contributed by atoms with Gasteiger partial charge in [-0.25, -0.2) is 4.39 Å². The number of hydrogen-bond donors (Lipinski definition) is 3. The van der Waals surface area contributed by atoms with Crippen LogP contribution in [-0.4, -0.2) is 65.2 Å². The number of hydrogen-bond acceptors (Lipinski definition) is 9. The topological polar surface area (TPSA) is 113 Å². The van der Waals surface area contributed by atoms with Crippen molar-refractivity contribution in [2.45, 2.75) is 13.0 Å². The summed E-state index contributed by atoms with van der Waals surface area (Å²) in [6, 6.07) is 4.02. The van der Waals surface area contributed by atoms with Crippen molar-refractivity contribution in [3.8, 4) is 0 Å². The van der Waals surface area contributed by atoms with Gasteiger partial charge >= 0.3 is 0 Å². The van der Waals surface area contributed by atoms with Crippen molar-refractivity contribution in [1.82, 2.24) is 25.1 Å². The lowest BCUT2D eigenvalue weighted by atomic mass is 10.2. The molecule has 0 aromatic carbocycles. The van der Waals surface area contributed by atoms with Gasteiger partial charge in [0.2, 0.25) is 11.8 Å². The zero-order valence-corrected chi connectivity index (χ0v) is 17.7. The zero-order valence-electron chi connectivity index (χ0n) is 17.7. The molecule has 4 heterocycles. The first-order valence-corrected chi connectivity index (χ1v) is 10.1. The quantitative estimate of drug-likeness (QED) is 0.480. The van der Waals surface area contributed by atoms with Crippen LogP contribution in [0.25, 0.3) is 0 Å². The predicted molar refractivity (Wildman–Crippen MR) is 114 cm³/mol. The van der Waals surface area contributed by atoms with Crippen LogP contribution in [0.4, 0.5) is 32.2 Å². The fourth-order valence-electron chi connectivity index (χ4n) is 3.29. The summed E-state index contributed by atoms with van der Waals surface area (Å²) in [5.41, 5.74) is 1.33. The molecule has 0 spiro atoms. The first-order valence-electron chi connectivity index (χ1n) is 10.1. The first-order chi connectivity index (χ1) is 15.5. The number of aryl methyl sites for hydroxylation is 1. The molecule has 0 radical (unpaired) electrons. The highest BCUT2D eigenvalue weighted by Crippen LogP contribution is 2.29. The van der Waals surface area contributed by atoms with Crippen LogP contribution < -0.4 is 15.5 Å². The van der Waals surface area contributed by atoms with Crippen molar-refractivity contribution in [1.29, 1.82) is 0 Å². The van der Waals surface area contributed by atoms with Gasteiger partial charge in [0.1, 0.15) is 5.82 Å². The van der Waals surface area contributed by atoms with E-state index in [2.05, 4.69) is 35.8 Å². The van der Waals surface area contributed by atoms with E-state index in [1.807, 2.05) is 6.92 Å². The van der Waals surface area contributed by atoms with E-state index in [0.717, 1.165) is 11.9 Å². The third-order valence-electron chi connectivity index (χ3n) is 4.84. The number of H-pyrrole nitrogens is 1. The minimum Gasteiger partial charge on any atom is -0.382 e. The van der Waals surface area contributed by atoms with Crippen LogP contribution >= 0.6 is 0 Å². The molecule has 10 nitrogen and oxygen atoms in total. The molecule has 1 aliphatic heterocycles. The number of methoxy groups -OCH3 is 1. The monoisotopic (exact) mass is 446 g/mol. The van der Waals surface area contributed by atoms with Crippen LogP contribution in [-0.2, 0) is 9.47 Å². The molecule has 3 aromatic rings. The highest BCUT2D eigenvalue weighted by atomic mass is 19.1. The van der Waals surface area contributed by atoms with Gasteiger partial charge in [-0.2, -0.15) is 19.5 Å². The van der Waals surface area contributed by atoms with Crippen LogP contribution in [0.15, 0.2) is 24.4 Å².